The van der Waals surface area contributed by atoms with Gasteiger partial charge in [-0.1, -0.05) is 12.1 Å². The number of methoxy groups -OCH3 is 2. The first-order valence-electron chi connectivity index (χ1n) is 13.9. The van der Waals surface area contributed by atoms with Gasteiger partial charge in [0.05, 0.1) is 37.4 Å². The molecule has 1 fully saturated rings. The summed E-state index contributed by atoms with van der Waals surface area (Å²) in [4.78, 5) is 25.1. The van der Waals surface area contributed by atoms with E-state index in [2.05, 4.69) is 0 Å². The lowest BCUT2D eigenvalue weighted by Crippen LogP contribution is -2.49. The summed E-state index contributed by atoms with van der Waals surface area (Å²) in [6.07, 6.45) is -3.31. The molecular formula is C31H38F3N3O6. The number of aromatic nitrogens is 1. The number of carbonyl (C=O) groups is 2. The Morgan fingerprint density at radius 3 is 2.33 bits per heavy atom. The molecule has 1 saturated heterocycles. The highest BCUT2D eigenvalue weighted by Gasteiger charge is 2.37. The predicted molar refractivity (Wildman–Crippen MR) is 156 cm³/mol. The number of piperidine rings is 1. The van der Waals surface area contributed by atoms with Crippen LogP contribution in [0.25, 0.3) is 10.9 Å². The highest BCUT2D eigenvalue weighted by Crippen LogP contribution is 2.43. The van der Waals surface area contributed by atoms with Gasteiger partial charge in [-0.2, -0.15) is 13.2 Å². The lowest BCUT2D eigenvalue weighted by atomic mass is 9.93. The number of alkyl halides is 3. The molecule has 2 heterocycles. The Morgan fingerprint density at radius 1 is 1.07 bits per heavy atom. The molecule has 0 aliphatic carbocycles. The van der Waals surface area contributed by atoms with Crippen LogP contribution in [0.4, 0.5) is 23.7 Å². The van der Waals surface area contributed by atoms with Crippen LogP contribution in [0, 0.1) is 6.92 Å². The molecule has 0 bridgehead atoms. The van der Waals surface area contributed by atoms with Crippen molar-refractivity contribution in [2.45, 2.75) is 64.5 Å². The molecule has 0 unspecified atom stereocenters. The molecule has 2 aromatic carbocycles. The monoisotopic (exact) mass is 605 g/mol. The second kappa shape index (κ2) is 12.5. The Bertz CT molecular complexity index is 1460. The topological polar surface area (TPSA) is 82.5 Å². The van der Waals surface area contributed by atoms with Crippen LogP contribution in [0.2, 0.25) is 0 Å². The first-order valence-corrected chi connectivity index (χ1v) is 13.9. The van der Waals surface area contributed by atoms with E-state index in [4.69, 9.17) is 18.9 Å². The van der Waals surface area contributed by atoms with Crippen LogP contribution in [0.5, 0.6) is 5.75 Å². The second-order valence-corrected chi connectivity index (χ2v) is 11.6. The average Bonchev–Trinajstić information content (AvgIpc) is 3.40. The maximum atomic E-state index is 13.1. The van der Waals surface area contributed by atoms with Crippen LogP contribution >= 0.6 is 0 Å². The van der Waals surface area contributed by atoms with Crippen LogP contribution < -0.4 is 9.75 Å². The van der Waals surface area contributed by atoms with Gasteiger partial charge in [0.15, 0.2) is 0 Å². The molecule has 0 N–H and O–H groups in total. The Hall–Kier alpha value is -3.77. The highest BCUT2D eigenvalue weighted by atomic mass is 19.4. The molecular weight excluding hydrogens is 567 g/mol. The number of nitrogens with zero attached hydrogens (tertiary/aromatic N) is 3. The number of hydrazine groups is 1. The van der Waals surface area contributed by atoms with Gasteiger partial charge >= 0.3 is 18.2 Å². The van der Waals surface area contributed by atoms with Crippen molar-refractivity contribution < 1.29 is 41.7 Å². The summed E-state index contributed by atoms with van der Waals surface area (Å²) in [5.41, 5.74) is 2.58. The SMILES string of the molecule is COC(=O)c1ccc([C@@H]2C[C@@H](OCC(F)(F)F)CCN2N(C)c2c(OC)cc(C)c3c2ccn3C(=O)OC(C)(C)C)cc1. The third-order valence-corrected chi connectivity index (χ3v) is 7.34. The zero-order valence-corrected chi connectivity index (χ0v) is 25.4. The Labute approximate surface area is 249 Å². The third kappa shape index (κ3) is 7.24. The largest absolute Gasteiger partial charge is 0.494 e. The van der Waals surface area contributed by atoms with Gasteiger partial charge in [0.25, 0.3) is 0 Å². The minimum absolute atomic E-state index is 0.272. The van der Waals surface area contributed by atoms with Crippen LogP contribution in [-0.2, 0) is 14.2 Å². The number of ether oxygens (including phenoxy) is 4. The van der Waals surface area contributed by atoms with E-state index in [9.17, 15) is 22.8 Å². The van der Waals surface area contributed by atoms with Crippen molar-refractivity contribution in [2.75, 3.05) is 39.4 Å². The molecule has 3 aromatic rings. The Morgan fingerprint density at radius 2 is 1.74 bits per heavy atom. The zero-order chi connectivity index (χ0) is 31.7. The molecule has 9 nitrogen and oxygen atoms in total. The summed E-state index contributed by atoms with van der Waals surface area (Å²) in [5, 5.41) is 4.69. The van der Waals surface area contributed by atoms with Crippen molar-refractivity contribution in [3.8, 4) is 5.75 Å². The molecule has 12 heteroatoms. The molecule has 4 rings (SSSR count). The van der Waals surface area contributed by atoms with Crippen molar-refractivity contribution in [3.05, 3.63) is 59.3 Å². The van der Waals surface area contributed by atoms with Gasteiger partial charge in [-0.3, -0.25) is 4.57 Å². The van der Waals surface area contributed by atoms with Crippen molar-refractivity contribution >= 4 is 28.7 Å². The summed E-state index contributed by atoms with van der Waals surface area (Å²) in [7, 11) is 4.70. The van der Waals surface area contributed by atoms with Crippen LogP contribution in [0.1, 0.15) is 61.1 Å². The quantitative estimate of drug-likeness (QED) is 0.277. The average molecular weight is 606 g/mol. The summed E-state index contributed by atoms with van der Waals surface area (Å²) in [5.74, 6) is 0.0708. The fraction of sp³-hybridized carbons (Fsp3) is 0.484. The summed E-state index contributed by atoms with van der Waals surface area (Å²) in [6.45, 7) is 6.31. The molecule has 0 radical (unpaired) electrons. The van der Waals surface area contributed by atoms with Crippen molar-refractivity contribution in [3.63, 3.8) is 0 Å². The van der Waals surface area contributed by atoms with Crippen molar-refractivity contribution in [2.24, 2.45) is 0 Å². The van der Waals surface area contributed by atoms with Gasteiger partial charge in [-0.15, -0.1) is 0 Å². The van der Waals surface area contributed by atoms with Crippen LogP contribution in [0.15, 0.2) is 42.6 Å². The minimum atomic E-state index is -4.44. The van der Waals surface area contributed by atoms with Gasteiger partial charge in [-0.05, 0) is 75.9 Å². The fourth-order valence-electron chi connectivity index (χ4n) is 5.48. The number of halogens is 3. The summed E-state index contributed by atoms with van der Waals surface area (Å²) >= 11 is 0. The number of rotatable bonds is 7. The molecule has 1 aliphatic rings. The lowest BCUT2D eigenvalue weighted by molar-refractivity contribution is -0.191. The van der Waals surface area contributed by atoms with E-state index in [0.29, 0.717) is 35.5 Å². The van der Waals surface area contributed by atoms with E-state index >= 15 is 0 Å². The van der Waals surface area contributed by atoms with E-state index in [1.54, 1.807) is 58.3 Å². The van der Waals surface area contributed by atoms with Gasteiger partial charge in [0.2, 0.25) is 0 Å². The Kier molecular flexibility index (Phi) is 9.31. The minimum Gasteiger partial charge on any atom is -0.494 e. The first-order chi connectivity index (χ1) is 20.1. The van der Waals surface area contributed by atoms with E-state index in [1.807, 2.05) is 36.1 Å². The number of esters is 1. The molecule has 43 heavy (non-hydrogen) atoms. The fourth-order valence-corrected chi connectivity index (χ4v) is 5.48. The molecule has 0 saturated carbocycles. The van der Waals surface area contributed by atoms with Gasteiger partial charge in [0.1, 0.15) is 23.6 Å². The maximum Gasteiger partial charge on any atom is 0.419 e. The zero-order valence-electron chi connectivity index (χ0n) is 25.4. The standard InChI is InChI=1S/C31H38F3N3O6/c1-19-16-25(40-6)27(23-13-14-36(26(19)23)29(39)43-30(2,3)4)35(5)37-15-12-22(42-18-31(32,33)34)17-24(37)20-8-10-21(11-9-20)28(38)41-7/h8-11,13-14,16,22,24H,12,15,17-18H2,1-7H3/t22-,24-/m0/s1. The predicted octanol–water partition coefficient (Wildman–Crippen LogP) is 6.66. The molecule has 1 aromatic heterocycles. The summed E-state index contributed by atoms with van der Waals surface area (Å²) < 4.78 is 62.0. The van der Waals surface area contributed by atoms with Crippen molar-refractivity contribution in [1.82, 2.24) is 9.58 Å². The number of anilines is 1. The lowest BCUT2D eigenvalue weighted by Gasteiger charge is -2.45. The van der Waals surface area contributed by atoms with Crippen LogP contribution in [-0.4, -0.2) is 73.9 Å². The highest BCUT2D eigenvalue weighted by molar-refractivity contribution is 6.01. The van der Waals surface area contributed by atoms with Crippen LogP contribution in [0.3, 0.4) is 0 Å². The number of fused-ring (bicyclic) bond motifs is 1. The third-order valence-electron chi connectivity index (χ3n) is 7.34. The van der Waals surface area contributed by atoms with Gasteiger partial charge in [0, 0.05) is 25.2 Å². The molecule has 1 aliphatic heterocycles. The van der Waals surface area contributed by atoms with Gasteiger partial charge in [-0.25, -0.2) is 14.6 Å². The van der Waals surface area contributed by atoms with Gasteiger partial charge < -0.3 is 24.0 Å². The number of carbonyl (C=O) groups excluding carboxylic acids is 2. The number of aryl methyl sites for hydroxylation is 1. The molecule has 234 valence electrons. The van der Waals surface area contributed by atoms with E-state index in [-0.39, 0.29) is 6.42 Å². The number of hydrogen-bond donors (Lipinski definition) is 0. The molecule has 2 atom stereocenters. The first kappa shape index (κ1) is 32.2. The Balaban J connectivity index is 1.76. The summed E-state index contributed by atoms with van der Waals surface area (Å²) in [6, 6.07) is 10.1. The van der Waals surface area contributed by atoms with E-state index in [0.717, 1.165) is 16.5 Å². The van der Waals surface area contributed by atoms with Crippen molar-refractivity contribution in [1.29, 1.82) is 0 Å². The molecule has 0 amide bonds. The van der Waals surface area contributed by atoms with E-state index < -0.39 is 42.6 Å². The number of benzene rings is 2. The molecule has 0 spiro atoms. The second-order valence-electron chi connectivity index (χ2n) is 11.6. The smallest absolute Gasteiger partial charge is 0.419 e. The normalized spacial score (nSPS) is 18.0. The van der Waals surface area contributed by atoms with E-state index in [1.165, 1.54) is 11.7 Å². The maximum absolute atomic E-state index is 13.1. The number of hydrogen-bond acceptors (Lipinski definition) is 8.